The Morgan fingerprint density at radius 3 is 3.05 bits per heavy atom. The molecule has 1 atom stereocenters. The number of hydrogen-bond acceptors (Lipinski definition) is 6. The second-order valence-corrected chi connectivity index (χ2v) is 6.25. The summed E-state index contributed by atoms with van der Waals surface area (Å²) >= 11 is 0. The monoisotopic (exact) mass is 286 g/mol. The first-order valence-electron chi connectivity index (χ1n) is 6.12. The van der Waals surface area contributed by atoms with Crippen molar-refractivity contribution in [2.45, 2.75) is 12.5 Å². The van der Waals surface area contributed by atoms with Crippen molar-refractivity contribution in [1.29, 1.82) is 0 Å². The third-order valence-electron chi connectivity index (χ3n) is 2.71. The highest BCUT2D eigenvalue weighted by Gasteiger charge is 2.17. The Morgan fingerprint density at radius 1 is 1.53 bits per heavy atom. The molecule has 0 aliphatic carbocycles. The van der Waals surface area contributed by atoms with Gasteiger partial charge in [-0.3, -0.25) is 9.97 Å². The lowest BCUT2D eigenvalue weighted by Gasteiger charge is -2.23. The molecule has 1 aromatic heterocycles. The Bertz CT molecular complexity index is 514. The highest BCUT2D eigenvalue weighted by molar-refractivity contribution is 7.88. The maximum atomic E-state index is 11.0. The van der Waals surface area contributed by atoms with E-state index in [-0.39, 0.29) is 6.10 Å². The van der Waals surface area contributed by atoms with Crippen LogP contribution < -0.4 is 10.0 Å². The summed E-state index contributed by atoms with van der Waals surface area (Å²) in [6.07, 6.45) is 4.89. The number of sulfonamides is 1. The Hall–Kier alpha value is -1.09. The maximum absolute atomic E-state index is 11.0. The van der Waals surface area contributed by atoms with Gasteiger partial charge in [-0.05, 0) is 0 Å². The molecule has 1 aromatic rings. The van der Waals surface area contributed by atoms with E-state index >= 15 is 0 Å². The van der Waals surface area contributed by atoms with Crippen molar-refractivity contribution in [3.63, 3.8) is 0 Å². The van der Waals surface area contributed by atoms with Gasteiger partial charge in [-0.15, -0.1) is 0 Å². The molecular weight excluding hydrogens is 268 g/mol. The molecule has 0 spiro atoms. The minimum absolute atomic E-state index is 0.0796. The van der Waals surface area contributed by atoms with Crippen molar-refractivity contribution in [1.82, 2.24) is 20.0 Å². The first-order chi connectivity index (χ1) is 9.04. The van der Waals surface area contributed by atoms with E-state index in [2.05, 4.69) is 20.0 Å². The van der Waals surface area contributed by atoms with E-state index in [9.17, 15) is 8.42 Å². The van der Waals surface area contributed by atoms with Crippen LogP contribution in [0.5, 0.6) is 0 Å². The first-order valence-corrected chi connectivity index (χ1v) is 8.01. The van der Waals surface area contributed by atoms with Crippen LogP contribution >= 0.6 is 0 Å². The maximum Gasteiger partial charge on any atom is 0.208 e. The number of morpholine rings is 1. The van der Waals surface area contributed by atoms with E-state index in [0.29, 0.717) is 19.6 Å². The van der Waals surface area contributed by atoms with Crippen molar-refractivity contribution in [2.75, 3.05) is 32.5 Å². The second kappa shape index (κ2) is 6.38. The molecule has 0 saturated carbocycles. The molecule has 106 valence electrons. The van der Waals surface area contributed by atoms with Gasteiger partial charge in [-0.1, -0.05) is 0 Å². The fraction of sp³-hybridized carbons (Fsp3) is 0.636. The van der Waals surface area contributed by atoms with Crippen LogP contribution in [0.1, 0.15) is 17.5 Å². The van der Waals surface area contributed by atoms with E-state index < -0.39 is 10.0 Å². The number of hydrogen-bond donors (Lipinski definition) is 2. The van der Waals surface area contributed by atoms with Crippen molar-refractivity contribution in [2.24, 2.45) is 0 Å². The lowest BCUT2D eigenvalue weighted by atomic mass is 10.2. The van der Waals surface area contributed by atoms with Crippen LogP contribution in [0, 0.1) is 0 Å². The molecule has 2 heterocycles. The molecule has 0 bridgehead atoms. The Morgan fingerprint density at radius 2 is 2.37 bits per heavy atom. The zero-order chi connectivity index (χ0) is 13.7. The van der Waals surface area contributed by atoms with Gasteiger partial charge in [0.15, 0.2) is 0 Å². The number of nitrogens with one attached hydrogen (secondary N) is 2. The van der Waals surface area contributed by atoms with Gasteiger partial charge in [0.2, 0.25) is 10.0 Å². The summed E-state index contributed by atoms with van der Waals surface area (Å²) in [6.45, 7) is 2.55. The number of nitrogens with zero attached hydrogens (tertiary/aromatic N) is 2. The van der Waals surface area contributed by atoms with Crippen LogP contribution in [0.4, 0.5) is 0 Å². The minimum Gasteiger partial charge on any atom is -0.369 e. The zero-order valence-corrected chi connectivity index (χ0v) is 11.6. The summed E-state index contributed by atoms with van der Waals surface area (Å²) in [4.78, 5) is 8.58. The summed E-state index contributed by atoms with van der Waals surface area (Å²) in [6, 6.07) is 0. The summed E-state index contributed by atoms with van der Waals surface area (Å²) < 4.78 is 30.0. The largest absolute Gasteiger partial charge is 0.369 e. The first kappa shape index (κ1) is 14.3. The molecule has 0 unspecified atom stereocenters. The Labute approximate surface area is 112 Å². The van der Waals surface area contributed by atoms with Crippen LogP contribution in [-0.4, -0.2) is 50.9 Å². The number of aromatic nitrogens is 2. The molecule has 0 radical (unpaired) electrons. The molecule has 0 amide bonds. The normalized spacial score (nSPS) is 20.4. The van der Waals surface area contributed by atoms with Crippen LogP contribution in [0.2, 0.25) is 0 Å². The molecule has 2 N–H and O–H groups in total. The molecule has 1 aliphatic heterocycles. The quantitative estimate of drug-likeness (QED) is 0.738. The molecule has 19 heavy (non-hydrogen) atoms. The average Bonchev–Trinajstić information content (AvgIpc) is 2.39. The van der Waals surface area contributed by atoms with Crippen LogP contribution in [0.3, 0.4) is 0 Å². The van der Waals surface area contributed by atoms with Gasteiger partial charge in [0.1, 0.15) is 6.10 Å². The molecule has 1 aliphatic rings. The van der Waals surface area contributed by atoms with E-state index in [1.807, 2.05) is 0 Å². The van der Waals surface area contributed by atoms with Crippen LogP contribution in [0.15, 0.2) is 12.4 Å². The van der Waals surface area contributed by atoms with Gasteiger partial charge < -0.3 is 10.1 Å². The second-order valence-electron chi connectivity index (χ2n) is 4.42. The molecular formula is C11H18N4O3S. The minimum atomic E-state index is -3.16. The molecule has 7 nitrogen and oxygen atoms in total. The van der Waals surface area contributed by atoms with Gasteiger partial charge >= 0.3 is 0 Å². The predicted octanol–water partition coefficient (Wildman–Crippen LogP) is -0.771. The van der Waals surface area contributed by atoms with Crippen molar-refractivity contribution in [3.05, 3.63) is 23.8 Å². The summed E-state index contributed by atoms with van der Waals surface area (Å²) in [5.41, 5.74) is 1.53. The van der Waals surface area contributed by atoms with Gasteiger partial charge in [-0.25, -0.2) is 13.1 Å². The summed E-state index contributed by atoms with van der Waals surface area (Å²) in [5.74, 6) is 0. The smallest absolute Gasteiger partial charge is 0.208 e. The van der Waals surface area contributed by atoms with E-state index in [4.69, 9.17) is 4.74 Å². The van der Waals surface area contributed by atoms with Crippen molar-refractivity contribution < 1.29 is 13.2 Å². The summed E-state index contributed by atoms with van der Waals surface area (Å²) in [5, 5.41) is 3.23. The molecule has 2 rings (SSSR count). The van der Waals surface area contributed by atoms with Gasteiger partial charge in [0, 0.05) is 32.3 Å². The lowest BCUT2D eigenvalue weighted by molar-refractivity contribution is 0.0247. The fourth-order valence-electron chi connectivity index (χ4n) is 1.82. The molecule has 0 aromatic carbocycles. The van der Waals surface area contributed by atoms with Gasteiger partial charge in [0.05, 0.1) is 30.4 Å². The van der Waals surface area contributed by atoms with E-state index in [0.717, 1.165) is 30.7 Å². The van der Waals surface area contributed by atoms with Gasteiger partial charge in [-0.2, -0.15) is 0 Å². The van der Waals surface area contributed by atoms with Crippen LogP contribution in [0.25, 0.3) is 0 Å². The van der Waals surface area contributed by atoms with Gasteiger partial charge in [0.25, 0.3) is 0 Å². The standard InChI is InChI=1S/C11H18N4O3S/c1-19(16,17)14-3-2-9-6-13-7-10(15-9)11-8-12-4-5-18-11/h6-7,11-12,14H,2-5,8H2,1H3/t11-/m0/s1. The summed E-state index contributed by atoms with van der Waals surface area (Å²) in [7, 11) is -3.16. The highest BCUT2D eigenvalue weighted by atomic mass is 32.2. The van der Waals surface area contributed by atoms with Crippen LogP contribution in [-0.2, 0) is 21.2 Å². The third kappa shape index (κ3) is 4.83. The third-order valence-corrected chi connectivity index (χ3v) is 3.43. The SMILES string of the molecule is CS(=O)(=O)NCCc1cncc([C@@H]2CNCCO2)n1. The lowest BCUT2D eigenvalue weighted by Crippen LogP contribution is -2.34. The molecule has 1 saturated heterocycles. The Kier molecular flexibility index (Phi) is 4.81. The zero-order valence-electron chi connectivity index (χ0n) is 10.8. The van der Waals surface area contributed by atoms with Crippen molar-refractivity contribution >= 4 is 10.0 Å². The number of rotatable bonds is 5. The van der Waals surface area contributed by atoms with Crippen molar-refractivity contribution in [3.8, 4) is 0 Å². The predicted molar refractivity (Wildman–Crippen MR) is 70.1 cm³/mol. The molecule has 1 fully saturated rings. The average molecular weight is 286 g/mol. The van der Waals surface area contributed by atoms with E-state index in [1.165, 1.54) is 0 Å². The molecule has 8 heteroatoms. The fourth-order valence-corrected chi connectivity index (χ4v) is 2.29. The highest BCUT2D eigenvalue weighted by Crippen LogP contribution is 2.15. The Balaban J connectivity index is 1.94. The van der Waals surface area contributed by atoms with E-state index in [1.54, 1.807) is 12.4 Å². The topological polar surface area (TPSA) is 93.2 Å². The number of ether oxygens (including phenoxy) is 1.